The first-order valence-corrected chi connectivity index (χ1v) is 7.63. The molecule has 0 unspecified atom stereocenters. The van der Waals surface area contributed by atoms with Crippen molar-refractivity contribution in [2.75, 3.05) is 4.72 Å². The molecule has 0 saturated heterocycles. The summed E-state index contributed by atoms with van der Waals surface area (Å²) in [5.41, 5.74) is 0.738. The molecule has 0 bridgehead atoms. The monoisotopic (exact) mass is 342 g/mol. The van der Waals surface area contributed by atoms with E-state index in [9.17, 15) is 13.2 Å². The molecule has 5 nitrogen and oxygen atoms in total. The minimum atomic E-state index is -3.89. The van der Waals surface area contributed by atoms with Gasteiger partial charge in [-0.1, -0.05) is 15.9 Å². The van der Waals surface area contributed by atoms with Crippen molar-refractivity contribution >= 4 is 31.6 Å². The number of pyridine rings is 1. The van der Waals surface area contributed by atoms with E-state index in [1.165, 1.54) is 12.3 Å². The van der Waals surface area contributed by atoms with E-state index in [4.69, 9.17) is 0 Å². The Morgan fingerprint density at radius 2 is 2.00 bits per heavy atom. The molecule has 0 amide bonds. The van der Waals surface area contributed by atoms with Gasteiger partial charge >= 0.3 is 0 Å². The highest BCUT2D eigenvalue weighted by Crippen LogP contribution is 2.21. The summed E-state index contributed by atoms with van der Waals surface area (Å²) < 4.78 is 27.3. The number of rotatable bonds is 3. The van der Waals surface area contributed by atoms with Crippen LogP contribution in [0.3, 0.4) is 0 Å². The average molecular weight is 343 g/mol. The number of aromatic amines is 1. The number of hydrogen-bond donors (Lipinski definition) is 2. The number of sulfonamides is 1. The Balaban J connectivity index is 2.42. The van der Waals surface area contributed by atoms with Gasteiger partial charge < -0.3 is 4.98 Å². The summed E-state index contributed by atoms with van der Waals surface area (Å²) in [5, 5.41) is 0. The number of benzene rings is 1. The number of nitrogens with one attached hydrogen (secondary N) is 2. The summed E-state index contributed by atoms with van der Waals surface area (Å²) >= 11 is 3.29. The molecule has 0 aliphatic heterocycles. The minimum Gasteiger partial charge on any atom is -0.366 e. The van der Waals surface area contributed by atoms with E-state index in [2.05, 4.69) is 25.6 Å². The molecule has 0 aliphatic carbocycles. The molecule has 1 heterocycles. The molecular weight excluding hydrogens is 332 g/mol. The van der Waals surface area contributed by atoms with Gasteiger partial charge in [-0.3, -0.25) is 9.52 Å². The van der Waals surface area contributed by atoms with E-state index in [0.29, 0.717) is 5.69 Å². The lowest BCUT2D eigenvalue weighted by Gasteiger charge is -2.08. The Kier molecular flexibility index (Phi) is 3.77. The molecule has 0 radical (unpaired) electrons. The number of H-pyrrole nitrogens is 1. The molecule has 2 aromatic rings. The third kappa shape index (κ3) is 3.24. The molecule has 0 saturated carbocycles. The third-order valence-corrected chi connectivity index (χ3v) is 4.23. The highest BCUT2D eigenvalue weighted by atomic mass is 79.9. The van der Waals surface area contributed by atoms with Crippen LogP contribution in [0.1, 0.15) is 5.56 Å². The van der Waals surface area contributed by atoms with Crippen LogP contribution in [0.4, 0.5) is 5.69 Å². The van der Waals surface area contributed by atoms with Crippen molar-refractivity contribution in [2.45, 2.75) is 11.8 Å². The summed E-state index contributed by atoms with van der Waals surface area (Å²) in [7, 11) is -3.89. The van der Waals surface area contributed by atoms with Gasteiger partial charge in [0.1, 0.15) is 0 Å². The molecule has 0 fully saturated rings. The van der Waals surface area contributed by atoms with Crippen molar-refractivity contribution in [2.24, 2.45) is 0 Å². The lowest BCUT2D eigenvalue weighted by atomic mass is 10.2. The summed E-state index contributed by atoms with van der Waals surface area (Å²) in [6.45, 7) is 1.85. The van der Waals surface area contributed by atoms with Gasteiger partial charge in [-0.2, -0.15) is 0 Å². The van der Waals surface area contributed by atoms with Crippen molar-refractivity contribution in [1.29, 1.82) is 0 Å². The number of anilines is 1. The highest BCUT2D eigenvalue weighted by Gasteiger charge is 2.17. The van der Waals surface area contributed by atoms with Gasteiger partial charge in [0.25, 0.3) is 10.0 Å². The van der Waals surface area contributed by atoms with Crippen LogP contribution in [0.25, 0.3) is 0 Å². The van der Waals surface area contributed by atoms with E-state index in [-0.39, 0.29) is 4.90 Å². The predicted molar refractivity (Wildman–Crippen MR) is 76.8 cm³/mol. The first kappa shape index (κ1) is 13.8. The number of aryl methyl sites for hydroxylation is 1. The van der Waals surface area contributed by atoms with Crippen LogP contribution in [0, 0.1) is 6.92 Å². The standard InChI is InChI=1S/C12H11BrN2O3S/c1-8-4-9(13)6-10(5-8)15-19(17,18)12-7-14-3-2-11(12)16/h2-7,15H,1H3,(H,14,16). The maximum Gasteiger partial charge on any atom is 0.267 e. The Hall–Kier alpha value is -1.60. The van der Waals surface area contributed by atoms with Gasteiger partial charge in [0, 0.05) is 22.9 Å². The Morgan fingerprint density at radius 3 is 2.63 bits per heavy atom. The molecule has 7 heteroatoms. The Bertz CT molecular complexity index is 748. The summed E-state index contributed by atoms with van der Waals surface area (Å²) in [6, 6.07) is 6.33. The van der Waals surface area contributed by atoms with Gasteiger partial charge in [0.2, 0.25) is 5.43 Å². The largest absolute Gasteiger partial charge is 0.366 e. The second-order valence-electron chi connectivity index (χ2n) is 4.00. The van der Waals surface area contributed by atoms with E-state index in [1.807, 2.05) is 13.0 Å². The highest BCUT2D eigenvalue weighted by molar-refractivity contribution is 9.10. The second kappa shape index (κ2) is 5.18. The Labute approximate surface area is 118 Å². The number of hydrogen-bond acceptors (Lipinski definition) is 3. The second-order valence-corrected chi connectivity index (χ2v) is 6.56. The summed E-state index contributed by atoms with van der Waals surface area (Å²) in [5.74, 6) is 0. The van der Waals surface area contributed by atoms with Gasteiger partial charge in [-0.15, -0.1) is 0 Å². The van der Waals surface area contributed by atoms with E-state index >= 15 is 0 Å². The molecule has 100 valence electrons. The smallest absolute Gasteiger partial charge is 0.267 e. The molecule has 1 aromatic heterocycles. The van der Waals surface area contributed by atoms with E-state index in [0.717, 1.165) is 16.2 Å². The zero-order valence-electron chi connectivity index (χ0n) is 9.98. The van der Waals surface area contributed by atoms with Crippen molar-refractivity contribution in [1.82, 2.24) is 4.98 Å². The Morgan fingerprint density at radius 1 is 1.26 bits per heavy atom. The number of aromatic nitrogens is 1. The SMILES string of the molecule is Cc1cc(Br)cc(NS(=O)(=O)c2c[nH]ccc2=O)c1. The summed E-state index contributed by atoms with van der Waals surface area (Å²) in [4.78, 5) is 13.8. The molecule has 19 heavy (non-hydrogen) atoms. The van der Waals surface area contributed by atoms with Crippen LogP contribution in [0.2, 0.25) is 0 Å². The topological polar surface area (TPSA) is 79.0 Å². The van der Waals surface area contributed by atoms with E-state index in [1.54, 1.807) is 12.1 Å². The van der Waals surface area contributed by atoms with Crippen LogP contribution >= 0.6 is 15.9 Å². The maximum absolute atomic E-state index is 12.1. The maximum atomic E-state index is 12.1. The average Bonchev–Trinajstić information content (AvgIpc) is 2.26. The quantitative estimate of drug-likeness (QED) is 0.897. The molecule has 0 atom stereocenters. The van der Waals surface area contributed by atoms with Gasteiger partial charge in [-0.25, -0.2) is 8.42 Å². The molecule has 0 aliphatic rings. The predicted octanol–water partition coefficient (Wildman–Crippen LogP) is 2.25. The first-order valence-electron chi connectivity index (χ1n) is 5.35. The van der Waals surface area contributed by atoms with Gasteiger partial charge in [0.15, 0.2) is 4.90 Å². The third-order valence-electron chi connectivity index (χ3n) is 2.37. The fourth-order valence-corrected chi connectivity index (χ4v) is 3.32. The molecular formula is C12H11BrN2O3S. The fraction of sp³-hybridized carbons (Fsp3) is 0.0833. The van der Waals surface area contributed by atoms with Crippen LogP contribution in [0.15, 0.2) is 50.8 Å². The number of halogens is 1. The lowest BCUT2D eigenvalue weighted by molar-refractivity contribution is 0.600. The normalized spacial score (nSPS) is 11.3. The molecule has 0 spiro atoms. The summed E-state index contributed by atoms with van der Waals surface area (Å²) in [6.07, 6.45) is 2.54. The van der Waals surface area contributed by atoms with E-state index < -0.39 is 15.5 Å². The van der Waals surface area contributed by atoms with Crippen molar-refractivity contribution in [3.05, 3.63) is 56.9 Å². The lowest BCUT2D eigenvalue weighted by Crippen LogP contribution is -2.20. The molecule has 1 aromatic carbocycles. The minimum absolute atomic E-state index is 0.312. The zero-order chi connectivity index (χ0) is 14.0. The van der Waals surface area contributed by atoms with Crippen molar-refractivity contribution < 1.29 is 8.42 Å². The van der Waals surface area contributed by atoms with Crippen molar-refractivity contribution in [3.8, 4) is 0 Å². The van der Waals surface area contributed by atoms with Crippen LogP contribution in [-0.4, -0.2) is 13.4 Å². The fourth-order valence-electron chi connectivity index (χ4n) is 1.62. The molecule has 2 rings (SSSR count). The zero-order valence-corrected chi connectivity index (χ0v) is 12.4. The van der Waals surface area contributed by atoms with Gasteiger partial charge in [0.05, 0.1) is 5.69 Å². The van der Waals surface area contributed by atoms with Crippen LogP contribution in [0.5, 0.6) is 0 Å². The first-order chi connectivity index (χ1) is 8.88. The van der Waals surface area contributed by atoms with Gasteiger partial charge in [-0.05, 0) is 30.7 Å². The molecule has 2 N–H and O–H groups in total. The van der Waals surface area contributed by atoms with Crippen LogP contribution in [-0.2, 0) is 10.0 Å². The van der Waals surface area contributed by atoms with Crippen LogP contribution < -0.4 is 10.2 Å². The van der Waals surface area contributed by atoms with Crippen molar-refractivity contribution in [3.63, 3.8) is 0 Å².